The normalized spacial score (nSPS) is 10.8. The van der Waals surface area contributed by atoms with Crippen molar-refractivity contribution >= 4 is 40.3 Å². The van der Waals surface area contributed by atoms with E-state index < -0.39 is 11.8 Å². The average Bonchev–Trinajstić information content (AvgIpc) is 2.65. The van der Waals surface area contributed by atoms with E-state index in [0.717, 1.165) is 16.3 Å². The first-order valence-electron chi connectivity index (χ1n) is 7.65. The average molecular weight is 351 g/mol. The van der Waals surface area contributed by atoms with Crippen LogP contribution in [0.5, 0.6) is 0 Å². The minimum absolute atomic E-state index is 0.405. The molecule has 124 valence electrons. The zero-order valence-electron chi connectivity index (χ0n) is 13.2. The SMILES string of the molecule is O=C(/C=C/c1cccc2ccccc12)NNC(=O)c1ccc(Cl)cc1. The van der Waals surface area contributed by atoms with Gasteiger partial charge in [0.05, 0.1) is 0 Å². The van der Waals surface area contributed by atoms with Crippen molar-refractivity contribution in [3.8, 4) is 0 Å². The zero-order valence-corrected chi connectivity index (χ0v) is 14.0. The summed E-state index contributed by atoms with van der Waals surface area (Å²) >= 11 is 5.77. The van der Waals surface area contributed by atoms with Crippen LogP contribution in [0, 0.1) is 0 Å². The summed E-state index contributed by atoms with van der Waals surface area (Å²) in [6, 6.07) is 20.2. The molecular formula is C20H15ClN2O2. The molecule has 3 aromatic carbocycles. The van der Waals surface area contributed by atoms with Crippen LogP contribution < -0.4 is 10.9 Å². The first-order chi connectivity index (χ1) is 12.1. The number of amides is 2. The minimum atomic E-state index is -0.421. The third kappa shape index (κ3) is 4.25. The van der Waals surface area contributed by atoms with Crippen LogP contribution in [0.1, 0.15) is 15.9 Å². The molecule has 0 aliphatic heterocycles. The third-order valence-corrected chi connectivity index (χ3v) is 3.90. The van der Waals surface area contributed by atoms with Crippen molar-refractivity contribution in [2.75, 3.05) is 0 Å². The summed E-state index contributed by atoms with van der Waals surface area (Å²) in [4.78, 5) is 23.8. The lowest BCUT2D eigenvalue weighted by Crippen LogP contribution is -2.40. The van der Waals surface area contributed by atoms with Gasteiger partial charge in [-0.25, -0.2) is 0 Å². The Balaban J connectivity index is 1.63. The van der Waals surface area contributed by atoms with Crippen molar-refractivity contribution in [2.24, 2.45) is 0 Å². The molecule has 2 amide bonds. The second-order valence-electron chi connectivity index (χ2n) is 5.35. The molecule has 0 saturated carbocycles. The molecule has 3 rings (SSSR count). The van der Waals surface area contributed by atoms with E-state index in [4.69, 9.17) is 11.6 Å². The Bertz CT molecular complexity index is 944. The van der Waals surface area contributed by atoms with Gasteiger partial charge in [-0.15, -0.1) is 0 Å². The fourth-order valence-corrected chi connectivity index (χ4v) is 2.52. The molecular weight excluding hydrogens is 336 g/mol. The Labute approximate surface area is 150 Å². The molecule has 0 saturated heterocycles. The second kappa shape index (κ2) is 7.64. The van der Waals surface area contributed by atoms with Gasteiger partial charge in [-0.2, -0.15) is 0 Å². The number of benzene rings is 3. The molecule has 0 bridgehead atoms. The number of carbonyl (C=O) groups excluding carboxylic acids is 2. The zero-order chi connectivity index (χ0) is 17.6. The van der Waals surface area contributed by atoms with Gasteiger partial charge in [-0.05, 0) is 46.7 Å². The highest BCUT2D eigenvalue weighted by Gasteiger charge is 2.05. The van der Waals surface area contributed by atoms with Gasteiger partial charge in [0.2, 0.25) is 0 Å². The minimum Gasteiger partial charge on any atom is -0.268 e. The number of hydrogen-bond acceptors (Lipinski definition) is 2. The highest BCUT2D eigenvalue weighted by molar-refractivity contribution is 6.30. The molecule has 0 atom stereocenters. The number of nitrogens with one attached hydrogen (secondary N) is 2. The Morgan fingerprint density at radius 2 is 1.56 bits per heavy atom. The Hall–Kier alpha value is -3.11. The fourth-order valence-electron chi connectivity index (χ4n) is 2.39. The quantitative estimate of drug-likeness (QED) is 0.554. The van der Waals surface area contributed by atoms with Gasteiger partial charge < -0.3 is 0 Å². The van der Waals surface area contributed by atoms with Crippen molar-refractivity contribution in [3.05, 3.63) is 89.0 Å². The summed E-state index contributed by atoms with van der Waals surface area (Å²) in [6.07, 6.45) is 3.09. The van der Waals surface area contributed by atoms with Crippen LogP contribution in [0.2, 0.25) is 5.02 Å². The molecule has 0 fully saturated rings. The van der Waals surface area contributed by atoms with Gasteiger partial charge in [0, 0.05) is 16.7 Å². The van der Waals surface area contributed by atoms with Crippen LogP contribution in [0.4, 0.5) is 0 Å². The standard InChI is InChI=1S/C20H15ClN2O2/c21-17-11-8-16(9-12-17)20(25)23-22-19(24)13-10-15-6-3-5-14-4-1-2-7-18(14)15/h1-13H,(H,22,24)(H,23,25)/b13-10+. The molecule has 0 spiro atoms. The summed E-state index contributed by atoms with van der Waals surface area (Å²) in [5, 5.41) is 2.69. The molecule has 0 aromatic heterocycles. The monoisotopic (exact) mass is 350 g/mol. The maximum absolute atomic E-state index is 11.9. The van der Waals surface area contributed by atoms with Gasteiger partial charge in [0.1, 0.15) is 0 Å². The summed E-state index contributed by atoms with van der Waals surface area (Å²) in [7, 11) is 0. The van der Waals surface area contributed by atoms with E-state index in [1.54, 1.807) is 30.3 Å². The molecule has 0 unspecified atom stereocenters. The maximum Gasteiger partial charge on any atom is 0.269 e. The van der Waals surface area contributed by atoms with Crippen molar-refractivity contribution in [1.82, 2.24) is 10.9 Å². The Morgan fingerprint density at radius 3 is 2.36 bits per heavy atom. The Kier molecular flexibility index (Phi) is 5.11. The topological polar surface area (TPSA) is 58.2 Å². The van der Waals surface area contributed by atoms with Gasteiger partial charge >= 0.3 is 0 Å². The predicted octanol–water partition coefficient (Wildman–Crippen LogP) is 3.97. The van der Waals surface area contributed by atoms with Gasteiger partial charge in [-0.1, -0.05) is 54.1 Å². The molecule has 2 N–H and O–H groups in total. The molecule has 0 radical (unpaired) electrons. The van der Waals surface area contributed by atoms with Crippen LogP contribution in [-0.4, -0.2) is 11.8 Å². The number of carbonyl (C=O) groups is 2. The van der Waals surface area contributed by atoms with Crippen LogP contribution in [0.25, 0.3) is 16.8 Å². The predicted molar refractivity (Wildman–Crippen MR) is 100 cm³/mol. The first-order valence-corrected chi connectivity index (χ1v) is 8.03. The molecule has 0 aliphatic carbocycles. The number of fused-ring (bicyclic) bond motifs is 1. The molecule has 3 aromatic rings. The maximum atomic E-state index is 11.9. The summed E-state index contributed by atoms with van der Waals surface area (Å²) in [6.45, 7) is 0. The highest BCUT2D eigenvalue weighted by atomic mass is 35.5. The van der Waals surface area contributed by atoms with E-state index in [0.29, 0.717) is 10.6 Å². The van der Waals surface area contributed by atoms with Crippen LogP contribution in [0.15, 0.2) is 72.8 Å². The Morgan fingerprint density at radius 1 is 0.840 bits per heavy atom. The third-order valence-electron chi connectivity index (χ3n) is 3.64. The van der Waals surface area contributed by atoms with Gasteiger partial charge in [-0.3, -0.25) is 20.4 Å². The molecule has 5 heteroatoms. The van der Waals surface area contributed by atoms with E-state index >= 15 is 0 Å². The second-order valence-corrected chi connectivity index (χ2v) is 5.79. The number of halogens is 1. The lowest BCUT2D eigenvalue weighted by Gasteiger charge is -2.05. The lowest BCUT2D eigenvalue weighted by molar-refractivity contribution is -0.117. The number of rotatable bonds is 3. The van der Waals surface area contributed by atoms with Crippen molar-refractivity contribution < 1.29 is 9.59 Å². The summed E-state index contributed by atoms with van der Waals surface area (Å²) in [5.74, 6) is -0.834. The molecule has 0 heterocycles. The van der Waals surface area contributed by atoms with Gasteiger partial charge in [0.15, 0.2) is 0 Å². The summed E-state index contributed by atoms with van der Waals surface area (Å²) < 4.78 is 0. The number of hydrazine groups is 1. The van der Waals surface area contributed by atoms with Gasteiger partial charge in [0.25, 0.3) is 11.8 Å². The van der Waals surface area contributed by atoms with E-state index in [-0.39, 0.29) is 0 Å². The van der Waals surface area contributed by atoms with Crippen molar-refractivity contribution in [2.45, 2.75) is 0 Å². The van der Waals surface area contributed by atoms with Crippen molar-refractivity contribution in [3.63, 3.8) is 0 Å². The van der Waals surface area contributed by atoms with Crippen LogP contribution in [0.3, 0.4) is 0 Å². The molecule has 0 aliphatic rings. The summed E-state index contributed by atoms with van der Waals surface area (Å²) in [5.41, 5.74) is 6.05. The van der Waals surface area contributed by atoms with Crippen molar-refractivity contribution in [1.29, 1.82) is 0 Å². The lowest BCUT2D eigenvalue weighted by atomic mass is 10.0. The fraction of sp³-hybridized carbons (Fsp3) is 0. The van der Waals surface area contributed by atoms with E-state index in [2.05, 4.69) is 10.9 Å². The van der Waals surface area contributed by atoms with E-state index in [1.165, 1.54) is 6.08 Å². The van der Waals surface area contributed by atoms with Crippen LogP contribution in [-0.2, 0) is 4.79 Å². The van der Waals surface area contributed by atoms with Crippen LogP contribution >= 0.6 is 11.6 Å². The molecule has 4 nitrogen and oxygen atoms in total. The number of hydrogen-bond donors (Lipinski definition) is 2. The highest BCUT2D eigenvalue weighted by Crippen LogP contribution is 2.19. The van der Waals surface area contributed by atoms with E-state index in [1.807, 2.05) is 42.5 Å². The smallest absolute Gasteiger partial charge is 0.268 e. The van der Waals surface area contributed by atoms with E-state index in [9.17, 15) is 9.59 Å². The first kappa shape index (κ1) is 16.7. The molecule has 25 heavy (non-hydrogen) atoms. The largest absolute Gasteiger partial charge is 0.269 e.